The van der Waals surface area contributed by atoms with Crippen molar-refractivity contribution in [2.24, 2.45) is 0 Å². The zero-order chi connectivity index (χ0) is 16.6. The van der Waals surface area contributed by atoms with Gasteiger partial charge in [-0.3, -0.25) is 4.79 Å². The first-order valence-corrected chi connectivity index (χ1v) is 10.3. The first kappa shape index (κ1) is 16.9. The van der Waals surface area contributed by atoms with Gasteiger partial charge in [-0.25, -0.2) is 8.42 Å². The average Bonchev–Trinajstić information content (AvgIpc) is 3.15. The van der Waals surface area contributed by atoms with Gasteiger partial charge >= 0.3 is 0 Å². The normalized spacial score (nSPS) is 28.5. The van der Waals surface area contributed by atoms with Crippen LogP contribution in [-0.2, 0) is 14.8 Å². The van der Waals surface area contributed by atoms with E-state index in [2.05, 4.69) is 10.0 Å². The van der Waals surface area contributed by atoms with E-state index in [4.69, 9.17) is 0 Å². The molecule has 2 bridgehead atoms. The van der Waals surface area contributed by atoms with Crippen LogP contribution < -0.4 is 10.0 Å². The Morgan fingerprint density at radius 3 is 2.61 bits per heavy atom. The van der Waals surface area contributed by atoms with Crippen LogP contribution in [0.3, 0.4) is 0 Å². The van der Waals surface area contributed by atoms with Crippen molar-refractivity contribution in [2.45, 2.75) is 61.0 Å². The zero-order valence-electron chi connectivity index (χ0n) is 13.4. The summed E-state index contributed by atoms with van der Waals surface area (Å²) < 4.78 is 27.2. The Bertz CT molecular complexity index is 648. The fourth-order valence-corrected chi connectivity index (χ4v) is 5.79. The van der Waals surface area contributed by atoms with Crippen molar-refractivity contribution in [2.75, 3.05) is 7.05 Å². The molecular weight excluding hydrogens is 334 g/mol. The number of likely N-dealkylation sites (N-methyl/N-ethyl adjacent to an activating group) is 1. The minimum Gasteiger partial charge on any atom is -0.341 e. The highest BCUT2D eigenvalue weighted by Crippen LogP contribution is 2.29. The van der Waals surface area contributed by atoms with Gasteiger partial charge in [0.1, 0.15) is 4.21 Å². The Kier molecular flexibility index (Phi) is 4.78. The summed E-state index contributed by atoms with van der Waals surface area (Å²) in [7, 11) is -1.84. The fourth-order valence-electron chi connectivity index (χ4n) is 3.59. The Balaban J connectivity index is 1.63. The molecule has 0 aromatic carbocycles. The van der Waals surface area contributed by atoms with Gasteiger partial charge in [0, 0.05) is 25.2 Å². The predicted octanol–water partition coefficient (Wildman–Crippen LogP) is 1.16. The first-order chi connectivity index (χ1) is 10.9. The van der Waals surface area contributed by atoms with E-state index in [1.165, 1.54) is 12.8 Å². The highest BCUT2D eigenvalue weighted by atomic mass is 32.2. The largest absolute Gasteiger partial charge is 0.341 e. The van der Waals surface area contributed by atoms with E-state index in [0.29, 0.717) is 12.1 Å². The Hall–Kier alpha value is -0.960. The first-order valence-electron chi connectivity index (χ1n) is 7.95. The number of carbonyl (C=O) groups is 1. The highest BCUT2D eigenvalue weighted by molar-refractivity contribution is 7.91. The van der Waals surface area contributed by atoms with E-state index >= 15 is 0 Å². The molecule has 1 aromatic rings. The molecule has 2 aliphatic heterocycles. The molecule has 2 aliphatic rings. The third-order valence-electron chi connectivity index (χ3n) is 4.81. The third kappa shape index (κ3) is 3.60. The summed E-state index contributed by atoms with van der Waals surface area (Å²) in [5, 5.41) is 5.26. The van der Waals surface area contributed by atoms with E-state index in [1.807, 2.05) is 0 Å². The van der Waals surface area contributed by atoms with Gasteiger partial charge in [-0.05, 0) is 44.1 Å². The number of rotatable bonds is 5. The number of nitrogens with zero attached hydrogens (tertiary/aromatic N) is 1. The number of nitrogens with one attached hydrogen (secondary N) is 2. The molecular formula is C15H23N3O3S2. The van der Waals surface area contributed by atoms with Crippen LogP contribution in [-0.4, -0.2) is 50.4 Å². The summed E-state index contributed by atoms with van der Waals surface area (Å²) in [6.45, 7) is 1.61. The van der Waals surface area contributed by atoms with Crippen LogP contribution in [0.15, 0.2) is 21.7 Å². The molecule has 2 fully saturated rings. The fraction of sp³-hybridized carbons (Fsp3) is 0.667. The number of piperidine rings is 1. The van der Waals surface area contributed by atoms with Crippen molar-refractivity contribution in [3.63, 3.8) is 0 Å². The molecule has 1 amide bonds. The van der Waals surface area contributed by atoms with Crippen molar-refractivity contribution in [3.8, 4) is 0 Å². The van der Waals surface area contributed by atoms with E-state index in [0.717, 1.165) is 24.2 Å². The number of hydrogen-bond donors (Lipinski definition) is 2. The van der Waals surface area contributed by atoms with Crippen molar-refractivity contribution in [1.82, 2.24) is 14.9 Å². The van der Waals surface area contributed by atoms with Crippen LogP contribution in [0.25, 0.3) is 0 Å². The van der Waals surface area contributed by atoms with Crippen molar-refractivity contribution in [1.29, 1.82) is 0 Å². The van der Waals surface area contributed by atoms with Crippen molar-refractivity contribution >= 4 is 27.3 Å². The molecule has 0 saturated carbocycles. The van der Waals surface area contributed by atoms with Crippen LogP contribution in [0, 0.1) is 0 Å². The van der Waals surface area contributed by atoms with Crippen molar-refractivity contribution < 1.29 is 13.2 Å². The smallest absolute Gasteiger partial charge is 0.250 e. The molecule has 3 rings (SSSR count). The van der Waals surface area contributed by atoms with Gasteiger partial charge in [0.2, 0.25) is 5.91 Å². The Labute approximate surface area is 141 Å². The van der Waals surface area contributed by atoms with Crippen LogP contribution >= 0.6 is 11.3 Å². The number of thiophene rings is 1. The molecule has 0 aliphatic carbocycles. The van der Waals surface area contributed by atoms with Gasteiger partial charge in [-0.2, -0.15) is 4.72 Å². The molecule has 3 unspecified atom stereocenters. The quantitative estimate of drug-likeness (QED) is 0.829. The summed E-state index contributed by atoms with van der Waals surface area (Å²) in [6.07, 6.45) is 4.24. The zero-order valence-corrected chi connectivity index (χ0v) is 15.0. The maximum Gasteiger partial charge on any atom is 0.250 e. The molecule has 1 aromatic heterocycles. The Morgan fingerprint density at radius 1 is 1.39 bits per heavy atom. The summed E-state index contributed by atoms with van der Waals surface area (Å²) in [5.41, 5.74) is 0. The lowest BCUT2D eigenvalue weighted by Crippen LogP contribution is -2.53. The standard InChI is InChI=1S/C15H23N3O3S2/c1-10(17-23(20,21)14-4-3-7-22-14)15(19)18(2)13-8-11-5-6-12(9-13)16-11/h3-4,7,10-13,16-17H,5-6,8-9H2,1-2H3. The van der Waals surface area contributed by atoms with Gasteiger partial charge in [-0.1, -0.05) is 6.07 Å². The molecule has 2 saturated heterocycles. The number of fused-ring (bicyclic) bond motifs is 2. The second-order valence-electron chi connectivity index (χ2n) is 6.49. The topological polar surface area (TPSA) is 78.5 Å². The second-order valence-corrected chi connectivity index (χ2v) is 9.38. The number of sulfonamides is 1. The summed E-state index contributed by atoms with van der Waals surface area (Å²) in [6, 6.07) is 3.63. The van der Waals surface area contributed by atoms with Crippen LogP contribution in [0.5, 0.6) is 0 Å². The molecule has 8 heteroatoms. The van der Waals surface area contributed by atoms with E-state index in [1.54, 1.807) is 36.4 Å². The van der Waals surface area contributed by atoms with Crippen LogP contribution in [0.1, 0.15) is 32.6 Å². The van der Waals surface area contributed by atoms with Crippen LogP contribution in [0.4, 0.5) is 0 Å². The molecule has 3 atom stereocenters. The monoisotopic (exact) mass is 357 g/mol. The SMILES string of the molecule is CC(NS(=O)(=O)c1cccs1)C(=O)N(C)C1CC2CCC(C1)N2. The lowest BCUT2D eigenvalue weighted by atomic mass is 9.98. The van der Waals surface area contributed by atoms with Crippen LogP contribution in [0.2, 0.25) is 0 Å². The summed E-state index contributed by atoms with van der Waals surface area (Å²) in [4.78, 5) is 14.3. The van der Waals surface area contributed by atoms with Crippen molar-refractivity contribution in [3.05, 3.63) is 17.5 Å². The van der Waals surface area contributed by atoms with Gasteiger partial charge in [0.15, 0.2) is 0 Å². The number of carbonyl (C=O) groups excluding carboxylic acids is 1. The van der Waals surface area contributed by atoms with Gasteiger partial charge < -0.3 is 10.2 Å². The third-order valence-corrected chi connectivity index (χ3v) is 7.74. The average molecular weight is 358 g/mol. The highest BCUT2D eigenvalue weighted by Gasteiger charge is 2.37. The van der Waals surface area contributed by atoms with E-state index < -0.39 is 16.1 Å². The number of hydrogen-bond acceptors (Lipinski definition) is 5. The van der Waals surface area contributed by atoms with Gasteiger partial charge in [-0.15, -0.1) is 11.3 Å². The molecule has 128 valence electrons. The summed E-state index contributed by atoms with van der Waals surface area (Å²) >= 11 is 1.15. The molecule has 2 N–H and O–H groups in total. The maximum absolute atomic E-state index is 12.6. The van der Waals surface area contributed by atoms with Gasteiger partial charge in [0.25, 0.3) is 10.0 Å². The predicted molar refractivity (Wildman–Crippen MR) is 89.8 cm³/mol. The van der Waals surface area contributed by atoms with E-state index in [9.17, 15) is 13.2 Å². The lowest BCUT2D eigenvalue weighted by Gasteiger charge is -2.36. The Morgan fingerprint density at radius 2 is 2.04 bits per heavy atom. The molecule has 6 nitrogen and oxygen atoms in total. The molecule has 0 spiro atoms. The maximum atomic E-state index is 12.6. The summed E-state index contributed by atoms with van der Waals surface area (Å²) in [5.74, 6) is -0.170. The minimum absolute atomic E-state index is 0.170. The lowest BCUT2D eigenvalue weighted by molar-refractivity contribution is -0.134. The molecule has 0 radical (unpaired) electrons. The second kappa shape index (κ2) is 6.51. The van der Waals surface area contributed by atoms with Gasteiger partial charge in [0.05, 0.1) is 6.04 Å². The molecule has 3 heterocycles. The van der Waals surface area contributed by atoms with E-state index in [-0.39, 0.29) is 16.2 Å². The molecule has 23 heavy (non-hydrogen) atoms. The minimum atomic E-state index is -3.63. The number of amides is 1.